The molecule has 0 spiro atoms. The Morgan fingerprint density at radius 1 is 1.00 bits per heavy atom. The highest BCUT2D eigenvalue weighted by atomic mass is 28.4. The van der Waals surface area contributed by atoms with E-state index >= 15 is 0 Å². The molecule has 0 amide bonds. The Bertz CT molecular complexity index is 227. The maximum absolute atomic E-state index is 5.88. The molecule has 4 heteroatoms. The number of hydrogen-bond donors (Lipinski definition) is 0. The summed E-state index contributed by atoms with van der Waals surface area (Å²) in [6.07, 6.45) is 6.21. The lowest BCUT2D eigenvalue weighted by molar-refractivity contribution is 0.0397. The Balaban J connectivity index is 3.51. The Morgan fingerprint density at radius 3 is 2.33 bits per heavy atom. The first-order valence-corrected chi connectivity index (χ1v) is 9.69. The van der Waals surface area contributed by atoms with Crippen LogP contribution in [0.15, 0.2) is 24.4 Å². The maximum Gasteiger partial charge on any atom is 0.210 e. The smallest absolute Gasteiger partial charge is 0.210 e. The molecule has 106 valence electrons. The normalized spacial score (nSPS) is 12.2. The minimum atomic E-state index is -1.65. The molecule has 0 aromatic heterocycles. The molecule has 0 atom stereocenters. The van der Waals surface area contributed by atoms with Crippen LogP contribution in [0, 0.1) is 0 Å². The van der Waals surface area contributed by atoms with Crippen molar-refractivity contribution in [3.63, 3.8) is 0 Å². The molecular formula is C14H28O3Si. The van der Waals surface area contributed by atoms with Gasteiger partial charge in [-0.3, -0.25) is 0 Å². The zero-order valence-corrected chi connectivity index (χ0v) is 13.1. The molecule has 0 N–H and O–H groups in total. The second-order valence-electron chi connectivity index (χ2n) is 4.53. The van der Waals surface area contributed by atoms with E-state index in [9.17, 15) is 0 Å². The van der Waals surface area contributed by atoms with Crippen LogP contribution in [-0.2, 0) is 13.9 Å². The average Bonchev–Trinajstić information content (AvgIpc) is 2.34. The van der Waals surface area contributed by atoms with Crippen LogP contribution in [0.4, 0.5) is 0 Å². The van der Waals surface area contributed by atoms with Gasteiger partial charge >= 0.3 is 0 Å². The van der Waals surface area contributed by atoms with Crippen molar-refractivity contribution in [3.05, 3.63) is 24.4 Å². The third kappa shape index (κ3) is 12.0. The minimum absolute atomic E-state index is 0.643. The number of rotatable bonds is 12. The zero-order valence-electron chi connectivity index (χ0n) is 12.1. The number of ether oxygens (including phenoxy) is 2. The molecule has 0 aromatic rings. The van der Waals surface area contributed by atoms with Crippen LogP contribution in [0.5, 0.6) is 0 Å². The van der Waals surface area contributed by atoms with E-state index in [1.165, 1.54) is 0 Å². The van der Waals surface area contributed by atoms with E-state index < -0.39 is 8.32 Å². The van der Waals surface area contributed by atoms with Gasteiger partial charge in [0.15, 0.2) is 0 Å². The zero-order chi connectivity index (χ0) is 13.7. The van der Waals surface area contributed by atoms with Gasteiger partial charge in [0, 0.05) is 6.61 Å². The van der Waals surface area contributed by atoms with Gasteiger partial charge in [-0.15, -0.1) is 6.58 Å². The molecule has 0 aliphatic heterocycles. The van der Waals surface area contributed by atoms with Crippen molar-refractivity contribution in [3.8, 4) is 0 Å². The fourth-order valence-corrected chi connectivity index (χ4v) is 2.80. The van der Waals surface area contributed by atoms with E-state index in [2.05, 4.69) is 31.4 Å². The van der Waals surface area contributed by atoms with Gasteiger partial charge in [0.25, 0.3) is 0 Å². The van der Waals surface area contributed by atoms with Crippen LogP contribution in [0.1, 0.15) is 19.8 Å². The van der Waals surface area contributed by atoms with Gasteiger partial charge in [-0.05, 0) is 32.9 Å². The lowest BCUT2D eigenvalue weighted by atomic mass is 10.3. The number of hydrogen-bond acceptors (Lipinski definition) is 3. The van der Waals surface area contributed by atoms with Crippen molar-refractivity contribution >= 4 is 8.32 Å². The summed E-state index contributed by atoms with van der Waals surface area (Å²) in [6.45, 7) is 13.4. The van der Waals surface area contributed by atoms with Gasteiger partial charge in [0.05, 0.1) is 26.4 Å². The predicted octanol–water partition coefficient (Wildman–Crippen LogP) is 3.32. The molecule has 0 heterocycles. The first-order valence-electron chi connectivity index (χ1n) is 6.70. The van der Waals surface area contributed by atoms with Gasteiger partial charge in [-0.25, -0.2) is 0 Å². The molecule has 0 saturated carbocycles. The fourth-order valence-electron chi connectivity index (χ4n) is 1.36. The summed E-state index contributed by atoms with van der Waals surface area (Å²) < 4.78 is 16.5. The van der Waals surface area contributed by atoms with E-state index in [4.69, 9.17) is 13.9 Å². The first kappa shape index (κ1) is 17.6. The topological polar surface area (TPSA) is 27.7 Å². The Labute approximate surface area is 113 Å². The van der Waals surface area contributed by atoms with Crippen LogP contribution in [-0.4, -0.2) is 41.4 Å². The molecule has 0 fully saturated rings. The molecule has 3 nitrogen and oxygen atoms in total. The van der Waals surface area contributed by atoms with Gasteiger partial charge < -0.3 is 13.9 Å². The highest BCUT2D eigenvalue weighted by Gasteiger charge is 2.17. The summed E-state index contributed by atoms with van der Waals surface area (Å²) in [6, 6.07) is 0. The molecule has 18 heavy (non-hydrogen) atoms. The molecule has 0 radical (unpaired) electrons. The van der Waals surface area contributed by atoms with E-state index in [-0.39, 0.29) is 0 Å². The van der Waals surface area contributed by atoms with Crippen molar-refractivity contribution in [1.82, 2.24) is 0 Å². The molecule has 0 aromatic carbocycles. The second-order valence-corrected chi connectivity index (χ2v) is 8.36. The first-order chi connectivity index (χ1) is 8.62. The molecule has 0 rings (SSSR count). The van der Waals surface area contributed by atoms with Crippen LogP contribution in [0.25, 0.3) is 0 Å². The summed E-state index contributed by atoms with van der Waals surface area (Å²) in [4.78, 5) is 0. The standard InChI is InChI=1S/C14H28O3Si/c1-5-7-8-9-14-18(3,4)17-13-12-16-11-10-15-6-2/h5,9,14H,1,6-8,10-13H2,2-4H3/b14-9+. The van der Waals surface area contributed by atoms with Gasteiger partial charge in [0.2, 0.25) is 8.32 Å². The highest BCUT2D eigenvalue weighted by Crippen LogP contribution is 2.07. The van der Waals surface area contributed by atoms with Crippen molar-refractivity contribution in [2.24, 2.45) is 0 Å². The van der Waals surface area contributed by atoms with E-state index in [0.29, 0.717) is 26.4 Å². The largest absolute Gasteiger partial charge is 0.411 e. The minimum Gasteiger partial charge on any atom is -0.411 e. The van der Waals surface area contributed by atoms with Crippen LogP contribution in [0.2, 0.25) is 13.1 Å². The Morgan fingerprint density at radius 2 is 1.67 bits per heavy atom. The third-order valence-electron chi connectivity index (χ3n) is 2.33. The highest BCUT2D eigenvalue weighted by molar-refractivity contribution is 6.76. The van der Waals surface area contributed by atoms with Crippen molar-refractivity contribution < 1.29 is 13.9 Å². The van der Waals surface area contributed by atoms with Crippen molar-refractivity contribution in [2.45, 2.75) is 32.9 Å². The van der Waals surface area contributed by atoms with E-state index in [1.807, 2.05) is 13.0 Å². The molecule has 0 saturated heterocycles. The van der Waals surface area contributed by atoms with E-state index in [1.54, 1.807) is 0 Å². The van der Waals surface area contributed by atoms with Gasteiger partial charge in [-0.2, -0.15) is 0 Å². The molecule has 0 unspecified atom stereocenters. The summed E-state index contributed by atoms with van der Waals surface area (Å²) in [5.41, 5.74) is 2.23. The van der Waals surface area contributed by atoms with Gasteiger partial charge in [-0.1, -0.05) is 17.9 Å². The Kier molecular flexibility index (Phi) is 11.4. The lowest BCUT2D eigenvalue weighted by Gasteiger charge is -2.18. The molecule has 0 bridgehead atoms. The summed E-state index contributed by atoms with van der Waals surface area (Å²) in [5.74, 6) is 0. The van der Waals surface area contributed by atoms with Crippen LogP contribution >= 0.6 is 0 Å². The average molecular weight is 272 g/mol. The molecular weight excluding hydrogens is 244 g/mol. The number of allylic oxidation sites excluding steroid dienone is 2. The third-order valence-corrected chi connectivity index (χ3v) is 4.32. The molecule has 0 aliphatic carbocycles. The predicted molar refractivity (Wildman–Crippen MR) is 79.3 cm³/mol. The SMILES string of the molecule is C=CCC/C=C/[Si](C)(C)OCCOCCOCC. The lowest BCUT2D eigenvalue weighted by Crippen LogP contribution is -2.29. The second kappa shape index (κ2) is 11.7. The van der Waals surface area contributed by atoms with E-state index in [0.717, 1.165) is 19.4 Å². The summed E-state index contributed by atoms with van der Waals surface area (Å²) in [5, 5.41) is 0. The van der Waals surface area contributed by atoms with Gasteiger partial charge in [0.1, 0.15) is 0 Å². The van der Waals surface area contributed by atoms with Crippen LogP contribution in [0.3, 0.4) is 0 Å². The summed E-state index contributed by atoms with van der Waals surface area (Å²) >= 11 is 0. The Hall–Kier alpha value is -0.423. The van der Waals surface area contributed by atoms with Crippen molar-refractivity contribution in [1.29, 1.82) is 0 Å². The van der Waals surface area contributed by atoms with Crippen molar-refractivity contribution in [2.75, 3.05) is 33.0 Å². The monoisotopic (exact) mass is 272 g/mol. The maximum atomic E-state index is 5.88. The number of unbranched alkanes of at least 4 members (excludes halogenated alkanes) is 1. The summed E-state index contributed by atoms with van der Waals surface area (Å²) in [7, 11) is -1.65. The fraction of sp³-hybridized carbons (Fsp3) is 0.714. The molecule has 0 aliphatic rings. The van der Waals surface area contributed by atoms with Crippen LogP contribution < -0.4 is 0 Å². The quantitative estimate of drug-likeness (QED) is 0.310.